The molecule has 4 rings (SSSR count). The number of hydrogen-bond acceptors (Lipinski definition) is 5. The molecule has 0 aliphatic carbocycles. The molecule has 2 N–H and O–H groups in total. The molecular formula is C22H25N5OS. The fourth-order valence-electron chi connectivity index (χ4n) is 3.44. The molecule has 0 fully saturated rings. The van der Waals surface area contributed by atoms with Gasteiger partial charge in [0.25, 0.3) is 0 Å². The average Bonchev–Trinajstić information content (AvgIpc) is 3.13. The lowest BCUT2D eigenvalue weighted by Crippen LogP contribution is -2.41. The summed E-state index contributed by atoms with van der Waals surface area (Å²) < 4.78 is 1.91. The molecule has 150 valence electrons. The maximum atomic E-state index is 13.3. The maximum Gasteiger partial charge on any atom is 0.240 e. The van der Waals surface area contributed by atoms with Crippen molar-refractivity contribution in [2.24, 2.45) is 0 Å². The molecule has 0 saturated carbocycles. The predicted molar refractivity (Wildman–Crippen MR) is 117 cm³/mol. The summed E-state index contributed by atoms with van der Waals surface area (Å²) in [6.45, 7) is 8.18. The normalized spacial score (nSPS) is 18.1. The highest BCUT2D eigenvalue weighted by atomic mass is 32.2. The summed E-state index contributed by atoms with van der Waals surface area (Å²) >= 11 is 1.45. The van der Waals surface area contributed by atoms with Crippen LogP contribution in [0.15, 0.2) is 47.6 Å². The number of thioether (sulfide) groups is 1. The number of carbonyl (C=O) groups is 1. The van der Waals surface area contributed by atoms with Gasteiger partial charge in [-0.2, -0.15) is 0 Å². The number of nitrogens with zero attached hydrogens (tertiary/aromatic N) is 3. The molecule has 29 heavy (non-hydrogen) atoms. The fourth-order valence-corrected chi connectivity index (χ4v) is 4.54. The molecule has 3 aromatic rings. The number of anilines is 1. The van der Waals surface area contributed by atoms with Crippen LogP contribution in [0.2, 0.25) is 0 Å². The number of fused-ring (bicyclic) bond motifs is 1. The van der Waals surface area contributed by atoms with Gasteiger partial charge in [-0.3, -0.25) is 4.79 Å². The molecular weight excluding hydrogens is 382 g/mol. The Morgan fingerprint density at radius 3 is 2.62 bits per heavy atom. The van der Waals surface area contributed by atoms with Gasteiger partial charge in [0.05, 0.1) is 6.04 Å². The van der Waals surface area contributed by atoms with E-state index in [4.69, 9.17) is 0 Å². The Hall–Kier alpha value is -2.80. The van der Waals surface area contributed by atoms with E-state index < -0.39 is 0 Å². The van der Waals surface area contributed by atoms with Gasteiger partial charge in [0.1, 0.15) is 5.25 Å². The number of aryl methyl sites for hydroxylation is 3. The maximum absolute atomic E-state index is 13.3. The standard InChI is InChI=1S/C22H25N5OS/c1-5-18-24-25-22-27(18)26-19(16-11-9-13(2)10-12-16)20(29-22)21(28)23-17-8-6-7-14(3)15(17)4/h6-12,19-20,26H,5H2,1-4H3,(H,23,28)/t19-,20-/m1/s1. The first-order valence-electron chi connectivity index (χ1n) is 9.79. The molecule has 0 saturated heterocycles. The first kappa shape index (κ1) is 19.5. The van der Waals surface area contributed by atoms with Gasteiger partial charge in [-0.25, -0.2) is 4.68 Å². The minimum atomic E-state index is -0.376. The second-order valence-corrected chi connectivity index (χ2v) is 8.49. The Labute approximate surface area is 175 Å². The van der Waals surface area contributed by atoms with Gasteiger partial charge in [-0.1, -0.05) is 60.6 Å². The minimum Gasteiger partial charge on any atom is -0.325 e. The minimum absolute atomic E-state index is 0.0472. The van der Waals surface area contributed by atoms with E-state index in [1.54, 1.807) is 0 Å². The number of nitrogens with one attached hydrogen (secondary N) is 2. The molecule has 7 heteroatoms. The van der Waals surface area contributed by atoms with Gasteiger partial charge in [0.15, 0.2) is 5.82 Å². The van der Waals surface area contributed by atoms with Gasteiger partial charge in [-0.05, 0) is 43.5 Å². The van der Waals surface area contributed by atoms with Crippen molar-refractivity contribution in [1.82, 2.24) is 14.9 Å². The molecule has 2 atom stereocenters. The molecule has 1 aliphatic heterocycles. The van der Waals surface area contributed by atoms with Gasteiger partial charge in [0.2, 0.25) is 11.1 Å². The van der Waals surface area contributed by atoms with E-state index in [0.717, 1.165) is 34.6 Å². The molecule has 6 nitrogen and oxygen atoms in total. The number of hydrogen-bond donors (Lipinski definition) is 2. The largest absolute Gasteiger partial charge is 0.325 e. The van der Waals surface area contributed by atoms with E-state index >= 15 is 0 Å². The Kier molecular flexibility index (Phi) is 5.32. The molecule has 1 aromatic heterocycles. The van der Waals surface area contributed by atoms with Crippen LogP contribution in [0, 0.1) is 20.8 Å². The summed E-state index contributed by atoms with van der Waals surface area (Å²) in [5.41, 5.74) is 8.81. The zero-order valence-corrected chi connectivity index (χ0v) is 17.9. The highest BCUT2D eigenvalue weighted by molar-refractivity contribution is 8.00. The van der Waals surface area contributed by atoms with Crippen LogP contribution in [-0.2, 0) is 11.2 Å². The van der Waals surface area contributed by atoms with E-state index in [9.17, 15) is 4.79 Å². The molecule has 0 unspecified atom stereocenters. The third-order valence-corrected chi connectivity index (χ3v) is 6.59. The van der Waals surface area contributed by atoms with Crippen LogP contribution in [-0.4, -0.2) is 26.0 Å². The number of rotatable bonds is 4. The third kappa shape index (κ3) is 3.74. The second-order valence-electron chi connectivity index (χ2n) is 7.38. The van der Waals surface area contributed by atoms with Crippen molar-refractivity contribution in [2.75, 3.05) is 10.7 Å². The first-order valence-corrected chi connectivity index (χ1v) is 10.7. The van der Waals surface area contributed by atoms with E-state index in [1.807, 2.05) is 43.6 Å². The summed E-state index contributed by atoms with van der Waals surface area (Å²) in [6.07, 6.45) is 0.764. The SMILES string of the molecule is CCc1nnc2n1N[C@H](c1ccc(C)cc1)[C@H](C(=O)Nc1cccc(C)c1C)S2. The Bertz CT molecular complexity index is 1040. The van der Waals surface area contributed by atoms with Crippen molar-refractivity contribution in [3.63, 3.8) is 0 Å². The van der Waals surface area contributed by atoms with E-state index in [-0.39, 0.29) is 17.2 Å². The Morgan fingerprint density at radius 2 is 1.90 bits per heavy atom. The zero-order chi connectivity index (χ0) is 20.5. The molecule has 2 heterocycles. The molecule has 0 radical (unpaired) electrons. The zero-order valence-electron chi connectivity index (χ0n) is 17.1. The lowest BCUT2D eigenvalue weighted by molar-refractivity contribution is -0.116. The predicted octanol–water partition coefficient (Wildman–Crippen LogP) is 4.16. The van der Waals surface area contributed by atoms with E-state index in [0.29, 0.717) is 5.16 Å². The van der Waals surface area contributed by atoms with Crippen LogP contribution < -0.4 is 10.7 Å². The van der Waals surface area contributed by atoms with Crippen molar-refractivity contribution >= 4 is 23.4 Å². The van der Waals surface area contributed by atoms with Crippen molar-refractivity contribution in [3.8, 4) is 0 Å². The quantitative estimate of drug-likeness (QED) is 0.679. The number of carbonyl (C=O) groups excluding carboxylic acids is 1. The summed E-state index contributed by atoms with van der Waals surface area (Å²) in [5.74, 6) is 0.812. The summed E-state index contributed by atoms with van der Waals surface area (Å²) in [7, 11) is 0. The third-order valence-electron chi connectivity index (χ3n) is 5.38. The molecule has 0 spiro atoms. The highest BCUT2D eigenvalue weighted by Gasteiger charge is 2.37. The van der Waals surface area contributed by atoms with Crippen LogP contribution in [0.1, 0.15) is 41.0 Å². The Morgan fingerprint density at radius 1 is 1.14 bits per heavy atom. The smallest absolute Gasteiger partial charge is 0.240 e. The molecule has 1 amide bonds. The second kappa shape index (κ2) is 7.91. The Balaban J connectivity index is 1.69. The molecule has 1 aliphatic rings. The summed E-state index contributed by atoms with van der Waals surface area (Å²) in [5, 5.41) is 12.0. The number of benzene rings is 2. The van der Waals surface area contributed by atoms with Gasteiger partial charge < -0.3 is 10.7 Å². The van der Waals surface area contributed by atoms with Gasteiger partial charge in [-0.15, -0.1) is 10.2 Å². The van der Waals surface area contributed by atoms with Crippen molar-refractivity contribution in [1.29, 1.82) is 0 Å². The highest BCUT2D eigenvalue weighted by Crippen LogP contribution is 2.38. The summed E-state index contributed by atoms with van der Waals surface area (Å²) in [4.78, 5) is 13.3. The summed E-state index contributed by atoms with van der Waals surface area (Å²) in [6, 6.07) is 14.1. The molecule has 2 aromatic carbocycles. The lowest BCUT2D eigenvalue weighted by Gasteiger charge is -2.33. The van der Waals surface area contributed by atoms with Crippen LogP contribution in [0.3, 0.4) is 0 Å². The van der Waals surface area contributed by atoms with Crippen LogP contribution >= 0.6 is 11.8 Å². The average molecular weight is 408 g/mol. The first-order chi connectivity index (χ1) is 14.0. The van der Waals surface area contributed by atoms with Crippen molar-refractivity contribution in [2.45, 2.75) is 50.6 Å². The van der Waals surface area contributed by atoms with Crippen LogP contribution in [0.5, 0.6) is 0 Å². The van der Waals surface area contributed by atoms with Gasteiger partial charge >= 0.3 is 0 Å². The van der Waals surface area contributed by atoms with E-state index in [2.05, 4.69) is 52.1 Å². The van der Waals surface area contributed by atoms with Crippen molar-refractivity contribution < 1.29 is 4.79 Å². The van der Waals surface area contributed by atoms with Gasteiger partial charge in [0, 0.05) is 12.1 Å². The van der Waals surface area contributed by atoms with Crippen LogP contribution in [0.25, 0.3) is 0 Å². The fraction of sp³-hybridized carbons (Fsp3) is 0.318. The van der Waals surface area contributed by atoms with Crippen LogP contribution in [0.4, 0.5) is 5.69 Å². The van der Waals surface area contributed by atoms with E-state index in [1.165, 1.54) is 17.3 Å². The lowest BCUT2D eigenvalue weighted by atomic mass is 10.0. The number of aromatic nitrogens is 3. The number of amides is 1. The monoisotopic (exact) mass is 407 g/mol. The topological polar surface area (TPSA) is 71.8 Å². The molecule has 0 bridgehead atoms. The van der Waals surface area contributed by atoms with Crippen molar-refractivity contribution in [3.05, 3.63) is 70.5 Å².